The van der Waals surface area contributed by atoms with Crippen molar-refractivity contribution in [3.8, 4) is 0 Å². The molecule has 0 bridgehead atoms. The number of guanidine groups is 1. The third-order valence-electron chi connectivity index (χ3n) is 3.88. The molecular weight excluding hydrogens is 447 g/mol. The molecule has 0 spiro atoms. The standard InChI is InChI=1S/C14H28N4O4S.HI/c1-4-23(20,21)17-9-5-8-16-14(15-2)18-10-6-12(7-11-18)13(19)22-3;/h12,17H,4-11H2,1-3H3,(H,15,16);1H. The van der Waals surface area contributed by atoms with E-state index < -0.39 is 10.0 Å². The van der Waals surface area contributed by atoms with Crippen LogP contribution in [0.3, 0.4) is 0 Å². The minimum absolute atomic E-state index is 0. The van der Waals surface area contributed by atoms with Crippen LogP contribution in [0.4, 0.5) is 0 Å². The molecule has 0 saturated carbocycles. The number of piperidine rings is 1. The third kappa shape index (κ3) is 7.97. The molecule has 142 valence electrons. The number of ether oxygens (including phenoxy) is 1. The number of nitrogens with one attached hydrogen (secondary N) is 2. The maximum Gasteiger partial charge on any atom is 0.308 e. The van der Waals surface area contributed by atoms with Crippen LogP contribution in [0.5, 0.6) is 0 Å². The Balaban J connectivity index is 0.00000529. The molecule has 0 aromatic carbocycles. The van der Waals surface area contributed by atoms with E-state index in [1.807, 2.05) is 0 Å². The van der Waals surface area contributed by atoms with Gasteiger partial charge in [-0.3, -0.25) is 9.79 Å². The van der Waals surface area contributed by atoms with Crippen LogP contribution >= 0.6 is 24.0 Å². The van der Waals surface area contributed by atoms with Crippen LogP contribution in [0.1, 0.15) is 26.2 Å². The van der Waals surface area contributed by atoms with Crippen molar-refractivity contribution >= 4 is 45.9 Å². The van der Waals surface area contributed by atoms with E-state index in [1.165, 1.54) is 7.11 Å². The Morgan fingerprint density at radius 1 is 1.29 bits per heavy atom. The van der Waals surface area contributed by atoms with Crippen molar-refractivity contribution < 1.29 is 17.9 Å². The minimum Gasteiger partial charge on any atom is -0.469 e. The van der Waals surface area contributed by atoms with E-state index in [-0.39, 0.29) is 41.6 Å². The third-order valence-corrected chi connectivity index (χ3v) is 5.28. The number of sulfonamides is 1. The quantitative estimate of drug-likeness (QED) is 0.181. The van der Waals surface area contributed by atoms with E-state index in [0.29, 0.717) is 19.5 Å². The summed E-state index contributed by atoms with van der Waals surface area (Å²) in [6, 6.07) is 0. The molecule has 0 atom stereocenters. The van der Waals surface area contributed by atoms with Crippen molar-refractivity contribution in [3.05, 3.63) is 0 Å². The average molecular weight is 476 g/mol. The predicted molar refractivity (Wildman–Crippen MR) is 105 cm³/mol. The molecule has 0 amide bonds. The molecule has 2 N–H and O–H groups in total. The second-order valence-corrected chi connectivity index (χ2v) is 7.51. The van der Waals surface area contributed by atoms with Gasteiger partial charge in [-0.05, 0) is 26.2 Å². The number of aliphatic imine (C=N–C) groups is 1. The molecule has 1 rings (SSSR count). The molecule has 1 saturated heterocycles. The lowest BCUT2D eigenvalue weighted by atomic mass is 9.97. The highest BCUT2D eigenvalue weighted by Crippen LogP contribution is 2.18. The van der Waals surface area contributed by atoms with E-state index >= 15 is 0 Å². The second-order valence-electron chi connectivity index (χ2n) is 5.41. The monoisotopic (exact) mass is 476 g/mol. The molecule has 1 aliphatic rings. The first-order chi connectivity index (χ1) is 10.9. The van der Waals surface area contributed by atoms with Gasteiger partial charge >= 0.3 is 5.97 Å². The lowest BCUT2D eigenvalue weighted by molar-refractivity contribution is -0.146. The Morgan fingerprint density at radius 3 is 2.42 bits per heavy atom. The number of methoxy groups -OCH3 is 1. The summed E-state index contributed by atoms with van der Waals surface area (Å²) in [7, 11) is 0.0101. The van der Waals surface area contributed by atoms with E-state index in [2.05, 4.69) is 19.9 Å². The summed E-state index contributed by atoms with van der Waals surface area (Å²) in [5, 5.41) is 3.23. The minimum atomic E-state index is -3.13. The number of esters is 1. The first kappa shape index (κ1) is 23.4. The molecule has 24 heavy (non-hydrogen) atoms. The van der Waals surface area contributed by atoms with Gasteiger partial charge in [0.25, 0.3) is 0 Å². The molecule has 1 fully saturated rings. The molecular formula is C14H29IN4O4S. The largest absolute Gasteiger partial charge is 0.469 e. The fourth-order valence-electron chi connectivity index (χ4n) is 2.44. The summed E-state index contributed by atoms with van der Waals surface area (Å²) >= 11 is 0. The lowest BCUT2D eigenvalue weighted by Gasteiger charge is -2.33. The maximum absolute atomic E-state index is 11.5. The van der Waals surface area contributed by atoms with Crippen molar-refractivity contribution in [2.45, 2.75) is 26.2 Å². The zero-order valence-electron chi connectivity index (χ0n) is 14.6. The zero-order valence-corrected chi connectivity index (χ0v) is 17.7. The van der Waals surface area contributed by atoms with Gasteiger partial charge < -0.3 is 15.0 Å². The number of nitrogens with zero attached hydrogens (tertiary/aromatic N) is 2. The molecule has 0 aromatic rings. The van der Waals surface area contributed by atoms with E-state index in [9.17, 15) is 13.2 Å². The number of hydrogen-bond donors (Lipinski definition) is 2. The van der Waals surface area contributed by atoms with Crippen LogP contribution in [0, 0.1) is 5.92 Å². The summed E-state index contributed by atoms with van der Waals surface area (Å²) in [6.45, 7) is 4.16. The molecule has 1 aliphatic heterocycles. The zero-order chi connectivity index (χ0) is 17.3. The molecule has 10 heteroatoms. The Morgan fingerprint density at radius 2 is 1.92 bits per heavy atom. The van der Waals surface area contributed by atoms with Crippen LogP contribution < -0.4 is 10.0 Å². The van der Waals surface area contributed by atoms with Crippen molar-refractivity contribution in [2.75, 3.05) is 46.1 Å². The van der Waals surface area contributed by atoms with Crippen LogP contribution in [0.2, 0.25) is 0 Å². The first-order valence-electron chi connectivity index (χ1n) is 7.94. The highest BCUT2D eigenvalue weighted by molar-refractivity contribution is 14.0. The van der Waals surface area contributed by atoms with Crippen LogP contribution in [0.15, 0.2) is 4.99 Å². The molecule has 8 nitrogen and oxygen atoms in total. The van der Waals surface area contributed by atoms with E-state index in [0.717, 1.165) is 31.9 Å². The van der Waals surface area contributed by atoms with Gasteiger partial charge in [0.15, 0.2) is 5.96 Å². The second kappa shape index (κ2) is 11.9. The summed E-state index contributed by atoms with van der Waals surface area (Å²) < 4.78 is 29.9. The van der Waals surface area contributed by atoms with Gasteiger partial charge in [0.1, 0.15) is 0 Å². The van der Waals surface area contributed by atoms with Gasteiger partial charge in [-0.15, -0.1) is 24.0 Å². The van der Waals surface area contributed by atoms with Gasteiger partial charge in [-0.1, -0.05) is 0 Å². The van der Waals surface area contributed by atoms with Crippen LogP contribution in [-0.2, 0) is 19.6 Å². The fraction of sp³-hybridized carbons (Fsp3) is 0.857. The summed E-state index contributed by atoms with van der Waals surface area (Å²) in [5.74, 6) is 0.706. The Kier molecular flexibility index (Phi) is 11.5. The van der Waals surface area contributed by atoms with Crippen molar-refractivity contribution in [1.82, 2.24) is 14.9 Å². The number of halogens is 1. The Bertz CT molecular complexity index is 505. The molecule has 0 radical (unpaired) electrons. The van der Waals surface area contributed by atoms with Gasteiger partial charge in [-0.25, -0.2) is 13.1 Å². The predicted octanol–water partition coefficient (Wildman–Crippen LogP) is 0.394. The maximum atomic E-state index is 11.5. The van der Waals surface area contributed by atoms with Crippen LogP contribution in [-0.4, -0.2) is 71.3 Å². The molecule has 1 heterocycles. The van der Waals surface area contributed by atoms with Gasteiger partial charge in [0, 0.05) is 33.2 Å². The van der Waals surface area contributed by atoms with E-state index in [1.54, 1.807) is 14.0 Å². The summed E-state index contributed by atoms with van der Waals surface area (Å²) in [5.41, 5.74) is 0. The summed E-state index contributed by atoms with van der Waals surface area (Å²) in [6.07, 6.45) is 2.18. The van der Waals surface area contributed by atoms with Crippen molar-refractivity contribution in [2.24, 2.45) is 10.9 Å². The van der Waals surface area contributed by atoms with Gasteiger partial charge in [0.05, 0.1) is 18.8 Å². The number of rotatable bonds is 7. The number of hydrogen-bond acceptors (Lipinski definition) is 5. The number of carbonyl (C=O) groups is 1. The van der Waals surface area contributed by atoms with Gasteiger partial charge in [-0.2, -0.15) is 0 Å². The number of likely N-dealkylation sites (tertiary alicyclic amines) is 1. The Labute approximate surface area is 161 Å². The highest BCUT2D eigenvalue weighted by Gasteiger charge is 2.26. The molecule has 0 aromatic heterocycles. The lowest BCUT2D eigenvalue weighted by Crippen LogP contribution is -2.47. The van der Waals surface area contributed by atoms with Crippen LogP contribution in [0.25, 0.3) is 0 Å². The van der Waals surface area contributed by atoms with Crippen molar-refractivity contribution in [1.29, 1.82) is 0 Å². The topological polar surface area (TPSA) is 100 Å². The SMILES string of the molecule is CCS(=O)(=O)NCCCNC(=NC)N1CCC(C(=O)OC)CC1.I. The smallest absolute Gasteiger partial charge is 0.308 e. The first-order valence-corrected chi connectivity index (χ1v) is 9.59. The Hall–Kier alpha value is -0.620. The fourth-order valence-corrected chi connectivity index (χ4v) is 3.10. The summed E-state index contributed by atoms with van der Waals surface area (Å²) in [4.78, 5) is 17.9. The number of carbonyl (C=O) groups excluding carboxylic acids is 1. The van der Waals surface area contributed by atoms with E-state index in [4.69, 9.17) is 4.74 Å². The normalized spacial score (nSPS) is 16.5. The van der Waals surface area contributed by atoms with Gasteiger partial charge in [0.2, 0.25) is 10.0 Å². The van der Waals surface area contributed by atoms with Crippen molar-refractivity contribution in [3.63, 3.8) is 0 Å². The molecule has 0 unspecified atom stereocenters. The average Bonchev–Trinajstić information content (AvgIpc) is 2.57. The highest BCUT2D eigenvalue weighted by atomic mass is 127. The molecule has 0 aliphatic carbocycles.